The zero-order valence-electron chi connectivity index (χ0n) is 16.0. The molecule has 1 amide bonds. The van der Waals surface area contributed by atoms with Crippen LogP contribution in [0.15, 0.2) is 69.0 Å². The highest BCUT2D eigenvalue weighted by Crippen LogP contribution is 2.28. The molecule has 0 unspecified atom stereocenters. The standard InChI is InChI=1S/C20H18F2N2O4S2/c1-12-3-4-15(23-19(25)17-9-10-28-13(17)2)11-18(12)30(26,27)24-14-5-7-16(8-6-14)29-20(21)22/h3-11,20,24H,1-2H3,(H,23,25). The minimum absolute atomic E-state index is 0.0183. The Kier molecular flexibility index (Phi) is 6.47. The average Bonchev–Trinajstić information content (AvgIpc) is 3.10. The third-order valence-electron chi connectivity index (χ3n) is 4.17. The summed E-state index contributed by atoms with van der Waals surface area (Å²) in [6.07, 6.45) is 1.39. The summed E-state index contributed by atoms with van der Waals surface area (Å²) in [6, 6.07) is 11.7. The van der Waals surface area contributed by atoms with Crippen LogP contribution in [0.25, 0.3) is 0 Å². The summed E-state index contributed by atoms with van der Waals surface area (Å²) in [5, 5.41) is 2.65. The Balaban J connectivity index is 1.80. The molecule has 10 heteroatoms. The lowest BCUT2D eigenvalue weighted by atomic mass is 10.2. The number of rotatable bonds is 7. The van der Waals surface area contributed by atoms with Gasteiger partial charge < -0.3 is 9.73 Å². The van der Waals surface area contributed by atoms with Crippen molar-refractivity contribution < 1.29 is 26.4 Å². The van der Waals surface area contributed by atoms with Crippen molar-refractivity contribution in [2.45, 2.75) is 29.4 Å². The maximum Gasteiger partial charge on any atom is 0.288 e. The minimum atomic E-state index is -3.97. The molecule has 30 heavy (non-hydrogen) atoms. The summed E-state index contributed by atoms with van der Waals surface area (Å²) >= 11 is 0.374. The van der Waals surface area contributed by atoms with E-state index < -0.39 is 21.7 Å². The van der Waals surface area contributed by atoms with Gasteiger partial charge in [-0.3, -0.25) is 9.52 Å². The molecule has 0 radical (unpaired) electrons. The van der Waals surface area contributed by atoms with E-state index in [1.54, 1.807) is 26.0 Å². The van der Waals surface area contributed by atoms with Gasteiger partial charge in [0, 0.05) is 16.3 Å². The largest absolute Gasteiger partial charge is 0.469 e. The van der Waals surface area contributed by atoms with Gasteiger partial charge in [0.25, 0.3) is 21.7 Å². The summed E-state index contributed by atoms with van der Waals surface area (Å²) in [5.41, 5.74) is 1.36. The molecule has 1 aromatic heterocycles. The fourth-order valence-electron chi connectivity index (χ4n) is 2.70. The Morgan fingerprint density at radius 3 is 2.30 bits per heavy atom. The van der Waals surface area contributed by atoms with E-state index in [9.17, 15) is 22.0 Å². The first-order valence-electron chi connectivity index (χ1n) is 8.69. The zero-order chi connectivity index (χ0) is 21.9. The lowest BCUT2D eigenvalue weighted by Gasteiger charge is -2.13. The summed E-state index contributed by atoms with van der Waals surface area (Å²) < 4.78 is 58.0. The lowest BCUT2D eigenvalue weighted by Crippen LogP contribution is -2.16. The number of hydrogen-bond donors (Lipinski definition) is 2. The quantitative estimate of drug-likeness (QED) is 0.477. The van der Waals surface area contributed by atoms with Gasteiger partial charge in [0.2, 0.25) is 0 Å². The fraction of sp³-hybridized carbons (Fsp3) is 0.150. The number of furan rings is 1. The van der Waals surface area contributed by atoms with Crippen LogP contribution < -0.4 is 10.0 Å². The lowest BCUT2D eigenvalue weighted by molar-refractivity contribution is 0.102. The smallest absolute Gasteiger partial charge is 0.288 e. The molecule has 0 atom stereocenters. The van der Waals surface area contributed by atoms with E-state index in [1.165, 1.54) is 42.7 Å². The SMILES string of the molecule is Cc1ccc(NC(=O)c2ccoc2C)cc1S(=O)(=O)Nc1ccc(SC(F)F)cc1. The minimum Gasteiger partial charge on any atom is -0.469 e. The molecule has 6 nitrogen and oxygen atoms in total. The maximum atomic E-state index is 12.8. The first-order valence-corrected chi connectivity index (χ1v) is 11.1. The van der Waals surface area contributed by atoms with Crippen LogP contribution in [0.1, 0.15) is 21.7 Å². The molecule has 1 heterocycles. The summed E-state index contributed by atoms with van der Waals surface area (Å²) in [4.78, 5) is 12.7. The summed E-state index contributed by atoms with van der Waals surface area (Å²) in [6.45, 7) is 3.28. The van der Waals surface area contributed by atoms with Gasteiger partial charge in [-0.2, -0.15) is 8.78 Å². The van der Waals surface area contributed by atoms with Crippen molar-refractivity contribution in [2.24, 2.45) is 0 Å². The van der Waals surface area contributed by atoms with E-state index in [1.807, 2.05) is 0 Å². The molecule has 2 aromatic carbocycles. The first-order chi connectivity index (χ1) is 14.2. The van der Waals surface area contributed by atoms with E-state index >= 15 is 0 Å². The molecular formula is C20H18F2N2O4S2. The van der Waals surface area contributed by atoms with Crippen molar-refractivity contribution in [3.05, 3.63) is 71.7 Å². The average molecular weight is 453 g/mol. The second-order valence-electron chi connectivity index (χ2n) is 6.33. The van der Waals surface area contributed by atoms with Crippen LogP contribution in [0.5, 0.6) is 0 Å². The molecule has 0 saturated carbocycles. The van der Waals surface area contributed by atoms with Gasteiger partial charge in [-0.15, -0.1) is 0 Å². The van der Waals surface area contributed by atoms with Crippen LogP contribution in [-0.2, 0) is 10.0 Å². The fourth-order valence-corrected chi connectivity index (χ4v) is 4.53. The number of aryl methyl sites for hydroxylation is 2. The Morgan fingerprint density at radius 2 is 1.70 bits per heavy atom. The van der Waals surface area contributed by atoms with Crippen LogP contribution in [0.2, 0.25) is 0 Å². The van der Waals surface area contributed by atoms with Crippen molar-refractivity contribution in [2.75, 3.05) is 10.0 Å². The number of nitrogens with one attached hydrogen (secondary N) is 2. The number of sulfonamides is 1. The van der Waals surface area contributed by atoms with Gasteiger partial charge in [-0.1, -0.05) is 17.8 Å². The number of amides is 1. The van der Waals surface area contributed by atoms with Gasteiger partial charge in [0.15, 0.2) is 0 Å². The van der Waals surface area contributed by atoms with E-state index in [0.29, 0.717) is 39.2 Å². The van der Waals surface area contributed by atoms with E-state index in [0.717, 1.165) is 0 Å². The molecular weight excluding hydrogens is 434 g/mol. The van der Waals surface area contributed by atoms with Gasteiger partial charge in [0.05, 0.1) is 16.7 Å². The number of anilines is 2. The highest BCUT2D eigenvalue weighted by atomic mass is 32.2. The van der Waals surface area contributed by atoms with E-state index in [-0.39, 0.29) is 10.6 Å². The molecule has 0 aliphatic rings. The number of benzene rings is 2. The Hall–Kier alpha value is -2.85. The Bertz CT molecular complexity index is 1160. The van der Waals surface area contributed by atoms with E-state index in [2.05, 4.69) is 10.0 Å². The van der Waals surface area contributed by atoms with Crippen LogP contribution >= 0.6 is 11.8 Å². The van der Waals surface area contributed by atoms with Crippen molar-refractivity contribution in [3.8, 4) is 0 Å². The van der Waals surface area contributed by atoms with Crippen molar-refractivity contribution in [1.29, 1.82) is 0 Å². The Labute approximate surface area is 176 Å². The highest BCUT2D eigenvalue weighted by molar-refractivity contribution is 7.99. The molecule has 0 aliphatic heterocycles. The molecule has 0 spiro atoms. The molecule has 3 aromatic rings. The molecule has 0 fully saturated rings. The van der Waals surface area contributed by atoms with Crippen molar-refractivity contribution in [1.82, 2.24) is 0 Å². The van der Waals surface area contributed by atoms with Gasteiger partial charge in [0.1, 0.15) is 5.76 Å². The summed E-state index contributed by atoms with van der Waals surface area (Å²) in [5.74, 6) is -2.53. The molecule has 0 saturated heterocycles. The third-order valence-corrected chi connectivity index (χ3v) is 6.42. The predicted molar refractivity (Wildman–Crippen MR) is 112 cm³/mol. The number of carbonyl (C=O) groups is 1. The number of hydrogen-bond acceptors (Lipinski definition) is 5. The first kappa shape index (κ1) is 21.8. The highest BCUT2D eigenvalue weighted by Gasteiger charge is 2.19. The third kappa shape index (κ3) is 5.19. The molecule has 158 valence electrons. The number of thioether (sulfide) groups is 1. The topological polar surface area (TPSA) is 88.4 Å². The second-order valence-corrected chi connectivity index (χ2v) is 9.05. The molecule has 0 bridgehead atoms. The zero-order valence-corrected chi connectivity index (χ0v) is 17.6. The maximum absolute atomic E-state index is 12.8. The van der Waals surface area contributed by atoms with Crippen LogP contribution in [0, 0.1) is 13.8 Å². The van der Waals surface area contributed by atoms with E-state index in [4.69, 9.17) is 4.42 Å². The normalized spacial score (nSPS) is 11.5. The predicted octanol–water partition coefficient (Wildman–Crippen LogP) is 5.26. The second kappa shape index (κ2) is 8.88. The summed E-state index contributed by atoms with van der Waals surface area (Å²) in [7, 11) is -3.97. The Morgan fingerprint density at radius 1 is 1.03 bits per heavy atom. The van der Waals surface area contributed by atoms with Crippen LogP contribution in [-0.4, -0.2) is 20.1 Å². The van der Waals surface area contributed by atoms with Crippen LogP contribution in [0.3, 0.4) is 0 Å². The number of alkyl halides is 2. The number of carbonyl (C=O) groups excluding carboxylic acids is 1. The number of halogens is 2. The molecule has 0 aliphatic carbocycles. The monoisotopic (exact) mass is 452 g/mol. The van der Waals surface area contributed by atoms with Gasteiger partial charge in [-0.05, 0) is 61.9 Å². The van der Waals surface area contributed by atoms with Crippen molar-refractivity contribution >= 4 is 39.1 Å². The molecule has 2 N–H and O–H groups in total. The van der Waals surface area contributed by atoms with Crippen molar-refractivity contribution in [3.63, 3.8) is 0 Å². The van der Waals surface area contributed by atoms with Gasteiger partial charge in [-0.25, -0.2) is 8.42 Å². The molecule has 3 rings (SSSR count). The van der Waals surface area contributed by atoms with Gasteiger partial charge >= 0.3 is 0 Å². The van der Waals surface area contributed by atoms with Crippen LogP contribution in [0.4, 0.5) is 20.2 Å².